The first-order valence-electron chi connectivity index (χ1n) is 19.8. The monoisotopic (exact) mass is 757 g/mol. The van der Waals surface area contributed by atoms with E-state index in [1.54, 1.807) is 0 Å². The third-order valence-electron chi connectivity index (χ3n) is 12.0. The van der Waals surface area contributed by atoms with E-state index in [9.17, 15) is 0 Å². The molecule has 58 heavy (non-hydrogen) atoms. The SMILES string of the molecule is NC1C=CC=C/C1=C(/N=C/n1c2c3ccccc3ccc2c2c3c4ccccc4c(-c4ccc5sc6ccccc6c5c4)cc3c3ccccc3c21)c1ccccc1. The van der Waals surface area contributed by atoms with Crippen LogP contribution >= 0.6 is 11.3 Å². The van der Waals surface area contributed by atoms with E-state index in [1.165, 1.54) is 85.2 Å². The average molecular weight is 758 g/mol. The Morgan fingerprint density at radius 1 is 0.534 bits per heavy atom. The molecule has 0 saturated heterocycles. The molecule has 0 saturated carbocycles. The van der Waals surface area contributed by atoms with Crippen molar-refractivity contribution in [3.63, 3.8) is 0 Å². The van der Waals surface area contributed by atoms with Crippen molar-refractivity contribution in [3.8, 4) is 11.1 Å². The van der Waals surface area contributed by atoms with Crippen molar-refractivity contribution >= 4 is 108 Å². The summed E-state index contributed by atoms with van der Waals surface area (Å²) in [7, 11) is 0. The number of hydrogen-bond acceptors (Lipinski definition) is 3. The quantitative estimate of drug-likeness (QED) is 0.108. The summed E-state index contributed by atoms with van der Waals surface area (Å²) >= 11 is 1.86. The second-order valence-electron chi connectivity index (χ2n) is 15.2. The van der Waals surface area contributed by atoms with Crippen LogP contribution in [0.25, 0.3) is 102 Å². The molecule has 12 rings (SSSR count). The largest absolute Gasteiger partial charge is 0.321 e. The van der Waals surface area contributed by atoms with E-state index in [2.05, 4.69) is 168 Å². The zero-order chi connectivity index (χ0) is 38.3. The Hall–Kier alpha value is -7.11. The molecule has 0 aliphatic heterocycles. The van der Waals surface area contributed by atoms with Gasteiger partial charge in [-0.25, -0.2) is 4.99 Å². The fraction of sp³-hybridized carbons (Fsp3) is 0.0185. The summed E-state index contributed by atoms with van der Waals surface area (Å²) < 4.78 is 4.98. The average Bonchev–Trinajstić information content (AvgIpc) is 3.83. The summed E-state index contributed by atoms with van der Waals surface area (Å²) in [6, 6.07) is 59.5. The maximum absolute atomic E-state index is 6.74. The normalized spacial score (nSPS) is 15.5. The summed E-state index contributed by atoms with van der Waals surface area (Å²) in [6.07, 6.45) is 10.2. The molecule has 0 bridgehead atoms. The summed E-state index contributed by atoms with van der Waals surface area (Å²) in [5, 5.41) is 14.8. The highest BCUT2D eigenvalue weighted by Crippen LogP contribution is 2.47. The molecule has 272 valence electrons. The van der Waals surface area contributed by atoms with Gasteiger partial charge in [0.1, 0.15) is 6.34 Å². The minimum absolute atomic E-state index is 0.263. The Kier molecular flexibility index (Phi) is 7.39. The number of fused-ring (bicyclic) bond motifs is 15. The number of aliphatic imine (C=N–C) groups is 1. The van der Waals surface area contributed by atoms with Gasteiger partial charge in [-0.15, -0.1) is 11.3 Å². The van der Waals surface area contributed by atoms with Crippen molar-refractivity contribution < 1.29 is 0 Å². The molecule has 2 heterocycles. The number of aromatic nitrogens is 1. The van der Waals surface area contributed by atoms with E-state index >= 15 is 0 Å². The molecule has 11 aromatic rings. The van der Waals surface area contributed by atoms with Gasteiger partial charge >= 0.3 is 0 Å². The second-order valence-corrected chi connectivity index (χ2v) is 16.3. The number of nitrogens with two attached hydrogens (primary N) is 1. The van der Waals surface area contributed by atoms with Crippen LogP contribution in [0.15, 0.2) is 199 Å². The van der Waals surface area contributed by atoms with Crippen LogP contribution in [-0.4, -0.2) is 16.9 Å². The lowest BCUT2D eigenvalue weighted by Crippen LogP contribution is -2.21. The van der Waals surface area contributed by atoms with Crippen LogP contribution in [-0.2, 0) is 0 Å². The van der Waals surface area contributed by atoms with E-state index in [0.29, 0.717) is 0 Å². The van der Waals surface area contributed by atoms with Crippen LogP contribution in [0.2, 0.25) is 0 Å². The molecule has 1 aliphatic carbocycles. The van der Waals surface area contributed by atoms with Gasteiger partial charge in [0.05, 0.1) is 22.8 Å². The standard InChI is InChI=1S/C54H35N3S/c55-47-24-12-10-23-42(47)52(34-15-2-1-3-16-34)56-32-57-53-36-17-5-4-14-33(36)26-28-43(53)51-50-40-21-8-6-18-37(40)44(31-46(50)38-19-7-9-22-41(38)54(51)57)35-27-29-49-45(30-35)39-20-11-13-25-48(39)58-49/h1-32,47H,55H2/b52-42-,56-32+. The topological polar surface area (TPSA) is 43.3 Å². The predicted molar refractivity (Wildman–Crippen MR) is 251 cm³/mol. The van der Waals surface area contributed by atoms with Gasteiger partial charge in [-0.2, -0.15) is 0 Å². The van der Waals surface area contributed by atoms with Crippen molar-refractivity contribution in [2.24, 2.45) is 10.7 Å². The third-order valence-corrected chi connectivity index (χ3v) is 13.2. The number of nitrogens with zero attached hydrogens (tertiary/aromatic N) is 2. The Balaban J connectivity index is 1.22. The van der Waals surface area contributed by atoms with Crippen LogP contribution < -0.4 is 5.73 Å². The van der Waals surface area contributed by atoms with E-state index in [0.717, 1.165) is 27.9 Å². The lowest BCUT2D eigenvalue weighted by molar-refractivity contribution is 0.970. The van der Waals surface area contributed by atoms with Gasteiger partial charge in [0.15, 0.2) is 0 Å². The molecule has 0 fully saturated rings. The lowest BCUT2D eigenvalue weighted by atomic mass is 9.88. The van der Waals surface area contributed by atoms with Gasteiger partial charge in [-0.05, 0) is 67.9 Å². The van der Waals surface area contributed by atoms with Gasteiger partial charge < -0.3 is 5.73 Å². The fourth-order valence-corrected chi connectivity index (χ4v) is 10.5. The Morgan fingerprint density at radius 3 is 2.09 bits per heavy atom. The van der Waals surface area contributed by atoms with Crippen molar-refractivity contribution in [1.29, 1.82) is 0 Å². The Bertz CT molecular complexity index is 3630. The van der Waals surface area contributed by atoms with Crippen LogP contribution in [0.5, 0.6) is 0 Å². The van der Waals surface area contributed by atoms with E-state index < -0.39 is 0 Å². The number of rotatable bonds is 4. The number of hydrogen-bond donors (Lipinski definition) is 1. The number of benzene rings is 9. The smallest absolute Gasteiger partial charge is 0.100 e. The number of allylic oxidation sites excluding steroid dienone is 2. The molecule has 0 amide bonds. The summed E-state index contributed by atoms with van der Waals surface area (Å²) in [5.41, 5.74) is 14.4. The Labute approximate surface area is 338 Å². The summed E-state index contributed by atoms with van der Waals surface area (Å²) in [4.78, 5) is 5.42. The minimum Gasteiger partial charge on any atom is -0.321 e. The van der Waals surface area contributed by atoms with Gasteiger partial charge in [-0.3, -0.25) is 4.57 Å². The van der Waals surface area contributed by atoms with Gasteiger partial charge in [-0.1, -0.05) is 164 Å². The van der Waals surface area contributed by atoms with Gasteiger partial charge in [0, 0.05) is 52.7 Å². The van der Waals surface area contributed by atoms with Crippen molar-refractivity contribution in [2.45, 2.75) is 6.04 Å². The minimum atomic E-state index is -0.263. The van der Waals surface area contributed by atoms with E-state index in [-0.39, 0.29) is 6.04 Å². The van der Waals surface area contributed by atoms with Crippen molar-refractivity contribution in [1.82, 2.24) is 4.57 Å². The third kappa shape index (κ3) is 4.92. The van der Waals surface area contributed by atoms with Crippen molar-refractivity contribution in [2.75, 3.05) is 0 Å². The van der Waals surface area contributed by atoms with Crippen LogP contribution in [0.3, 0.4) is 0 Å². The van der Waals surface area contributed by atoms with Crippen LogP contribution in [0, 0.1) is 0 Å². The molecule has 2 N–H and O–H groups in total. The molecular formula is C54H35N3S. The first-order valence-corrected chi connectivity index (χ1v) is 20.6. The molecule has 3 nitrogen and oxygen atoms in total. The highest BCUT2D eigenvalue weighted by atomic mass is 32.1. The van der Waals surface area contributed by atoms with E-state index in [1.807, 2.05) is 42.0 Å². The maximum Gasteiger partial charge on any atom is 0.100 e. The zero-order valence-electron chi connectivity index (χ0n) is 31.4. The van der Waals surface area contributed by atoms with Crippen molar-refractivity contribution in [3.05, 3.63) is 199 Å². The first-order chi connectivity index (χ1) is 28.7. The highest BCUT2D eigenvalue weighted by Gasteiger charge is 2.23. The molecule has 4 heteroatoms. The predicted octanol–water partition coefficient (Wildman–Crippen LogP) is 14.2. The van der Waals surface area contributed by atoms with Gasteiger partial charge in [0.2, 0.25) is 0 Å². The second kappa shape index (κ2) is 13.0. The van der Waals surface area contributed by atoms with Crippen LogP contribution in [0.4, 0.5) is 0 Å². The molecule has 2 aromatic heterocycles. The molecule has 1 atom stereocenters. The summed E-state index contributed by atoms with van der Waals surface area (Å²) in [6.45, 7) is 0. The Morgan fingerprint density at radius 2 is 1.24 bits per heavy atom. The molecule has 1 unspecified atom stereocenters. The molecular weight excluding hydrogens is 723 g/mol. The highest BCUT2D eigenvalue weighted by molar-refractivity contribution is 7.25. The van der Waals surface area contributed by atoms with Gasteiger partial charge in [0.25, 0.3) is 0 Å². The van der Waals surface area contributed by atoms with Crippen LogP contribution in [0.1, 0.15) is 5.56 Å². The maximum atomic E-state index is 6.74. The molecule has 0 spiro atoms. The fourth-order valence-electron chi connectivity index (χ4n) is 9.45. The number of thiophene rings is 1. The molecule has 9 aromatic carbocycles. The van der Waals surface area contributed by atoms with E-state index in [4.69, 9.17) is 10.7 Å². The lowest BCUT2D eigenvalue weighted by Gasteiger charge is -2.16. The zero-order valence-corrected chi connectivity index (χ0v) is 32.2. The molecule has 1 aliphatic rings. The first kappa shape index (κ1) is 33.1. The molecule has 0 radical (unpaired) electrons. The summed E-state index contributed by atoms with van der Waals surface area (Å²) in [5.74, 6) is 0.